The molecule has 0 fully saturated rings. The minimum atomic E-state index is -3.62. The Labute approximate surface area is 134 Å². The van der Waals surface area contributed by atoms with Gasteiger partial charge in [-0.15, -0.1) is 0 Å². The first kappa shape index (κ1) is 14.9. The first-order chi connectivity index (χ1) is 11.4. The molecule has 3 aliphatic rings. The Morgan fingerprint density at radius 2 is 1.71 bits per heavy atom. The number of ether oxygens (including phenoxy) is 1. The van der Waals surface area contributed by atoms with Gasteiger partial charge in [-0.2, -0.15) is 8.78 Å². The number of amides is 2. The Kier molecular flexibility index (Phi) is 3.06. The third kappa shape index (κ3) is 2.13. The number of nitrogens with zero attached hydrogens (tertiary/aromatic N) is 2. The van der Waals surface area contributed by atoms with Gasteiger partial charge >= 0.3 is 6.11 Å². The summed E-state index contributed by atoms with van der Waals surface area (Å²) in [5.41, 5.74) is 0.455. The maximum Gasteiger partial charge on any atom is 0.437 e. The van der Waals surface area contributed by atoms with Gasteiger partial charge in [-0.3, -0.25) is 9.59 Å². The Bertz CT molecular complexity index is 817. The van der Waals surface area contributed by atoms with Crippen LogP contribution in [0, 0.1) is 5.82 Å². The maximum absolute atomic E-state index is 14.4. The van der Waals surface area contributed by atoms with Crippen molar-refractivity contribution in [3.63, 3.8) is 0 Å². The van der Waals surface area contributed by atoms with Crippen LogP contribution in [-0.2, 0) is 9.59 Å². The summed E-state index contributed by atoms with van der Waals surface area (Å²) in [6, 6.07) is 1.79. The molecular formula is C16H11F3N2O3. The molecule has 2 aliphatic heterocycles. The predicted molar refractivity (Wildman–Crippen MR) is 78.1 cm³/mol. The van der Waals surface area contributed by atoms with E-state index in [-0.39, 0.29) is 17.6 Å². The van der Waals surface area contributed by atoms with Crippen LogP contribution in [0.2, 0.25) is 0 Å². The highest BCUT2D eigenvalue weighted by atomic mass is 19.3. The number of imide groups is 1. The molecule has 1 aromatic rings. The van der Waals surface area contributed by atoms with Crippen LogP contribution in [0.25, 0.3) is 0 Å². The van der Waals surface area contributed by atoms with Crippen molar-refractivity contribution in [1.82, 2.24) is 0 Å². The lowest BCUT2D eigenvalue weighted by Crippen LogP contribution is -2.33. The average molecular weight is 336 g/mol. The van der Waals surface area contributed by atoms with Gasteiger partial charge < -0.3 is 4.74 Å². The van der Waals surface area contributed by atoms with Gasteiger partial charge in [0.15, 0.2) is 11.6 Å². The standard InChI is InChI=1S/C16H11F3N2O3/c17-10-5-13-11(20-7-16(18,19)24-13)6-12(10)21-14(22)8-3-1-2-4-9(8)15(21)23/h5-7H,1-4H2. The number of hydrogen-bond donors (Lipinski definition) is 0. The van der Waals surface area contributed by atoms with Crippen LogP contribution >= 0.6 is 0 Å². The molecule has 1 aliphatic carbocycles. The van der Waals surface area contributed by atoms with Gasteiger partial charge in [0.25, 0.3) is 11.8 Å². The third-order valence-corrected chi connectivity index (χ3v) is 4.26. The molecule has 0 aromatic heterocycles. The first-order valence-electron chi connectivity index (χ1n) is 7.44. The fraction of sp³-hybridized carbons (Fsp3) is 0.312. The van der Waals surface area contributed by atoms with Crippen molar-refractivity contribution in [1.29, 1.82) is 0 Å². The van der Waals surface area contributed by atoms with E-state index in [9.17, 15) is 22.8 Å². The van der Waals surface area contributed by atoms with E-state index in [1.807, 2.05) is 0 Å². The molecule has 2 heterocycles. The Morgan fingerprint density at radius 1 is 1.08 bits per heavy atom. The lowest BCUT2D eigenvalue weighted by atomic mass is 9.93. The summed E-state index contributed by atoms with van der Waals surface area (Å²) in [5, 5.41) is 0. The Morgan fingerprint density at radius 3 is 2.33 bits per heavy atom. The van der Waals surface area contributed by atoms with E-state index in [4.69, 9.17) is 0 Å². The zero-order chi connectivity index (χ0) is 17.1. The average Bonchev–Trinajstić information content (AvgIpc) is 2.78. The quantitative estimate of drug-likeness (QED) is 0.740. The number of hydrogen-bond acceptors (Lipinski definition) is 4. The number of halogens is 3. The molecule has 2 amide bonds. The van der Waals surface area contributed by atoms with Crippen molar-refractivity contribution in [3.8, 4) is 5.75 Å². The minimum absolute atomic E-state index is 0.0669. The van der Waals surface area contributed by atoms with E-state index < -0.39 is 29.5 Å². The summed E-state index contributed by atoms with van der Waals surface area (Å²) in [5.74, 6) is -2.55. The predicted octanol–water partition coefficient (Wildman–Crippen LogP) is 3.26. The van der Waals surface area contributed by atoms with E-state index in [1.165, 1.54) is 0 Å². The second kappa shape index (κ2) is 4.93. The Hall–Kier alpha value is -2.64. The lowest BCUT2D eigenvalue weighted by Gasteiger charge is -2.22. The number of rotatable bonds is 1. The SMILES string of the molecule is O=C1C2=C(CCCC2)C(=O)N1c1cc2c(cc1F)OC(F)(F)C=N2. The first-order valence-corrected chi connectivity index (χ1v) is 7.44. The monoisotopic (exact) mass is 336 g/mol. The van der Waals surface area contributed by atoms with Crippen LogP contribution in [0.5, 0.6) is 5.75 Å². The van der Waals surface area contributed by atoms with Crippen molar-refractivity contribution in [2.45, 2.75) is 31.8 Å². The molecule has 24 heavy (non-hydrogen) atoms. The van der Waals surface area contributed by atoms with Gasteiger partial charge in [-0.05, 0) is 31.7 Å². The third-order valence-electron chi connectivity index (χ3n) is 4.26. The van der Waals surface area contributed by atoms with Gasteiger partial charge in [0.2, 0.25) is 0 Å². The number of carbonyl (C=O) groups excluding carboxylic acids is 2. The normalized spacial score (nSPS) is 21.7. The number of alkyl halides is 2. The van der Waals surface area contributed by atoms with Crippen molar-refractivity contribution >= 4 is 29.4 Å². The molecule has 8 heteroatoms. The van der Waals surface area contributed by atoms with Crippen LogP contribution in [0.3, 0.4) is 0 Å². The molecule has 0 N–H and O–H groups in total. The number of benzene rings is 1. The van der Waals surface area contributed by atoms with Crippen LogP contribution < -0.4 is 9.64 Å². The lowest BCUT2D eigenvalue weighted by molar-refractivity contribution is -0.120. The second-order valence-corrected chi connectivity index (χ2v) is 5.80. The molecule has 0 saturated carbocycles. The van der Waals surface area contributed by atoms with Gasteiger partial charge in [-0.25, -0.2) is 14.3 Å². The number of fused-ring (bicyclic) bond motifs is 1. The van der Waals surface area contributed by atoms with Crippen molar-refractivity contribution in [2.24, 2.45) is 4.99 Å². The summed E-state index contributed by atoms with van der Waals surface area (Å²) >= 11 is 0. The molecule has 124 valence electrons. The molecule has 0 bridgehead atoms. The molecule has 0 spiro atoms. The van der Waals surface area contributed by atoms with Crippen molar-refractivity contribution < 1.29 is 27.5 Å². The zero-order valence-corrected chi connectivity index (χ0v) is 12.3. The highest BCUT2D eigenvalue weighted by Gasteiger charge is 2.42. The maximum atomic E-state index is 14.4. The molecule has 4 rings (SSSR count). The van der Waals surface area contributed by atoms with E-state index >= 15 is 0 Å². The van der Waals surface area contributed by atoms with E-state index in [0.717, 1.165) is 23.8 Å². The van der Waals surface area contributed by atoms with Crippen LogP contribution in [-0.4, -0.2) is 24.1 Å². The molecular weight excluding hydrogens is 325 g/mol. The van der Waals surface area contributed by atoms with E-state index in [0.29, 0.717) is 30.1 Å². The molecule has 1 aromatic carbocycles. The summed E-state index contributed by atoms with van der Waals surface area (Å²) in [7, 11) is 0. The molecule has 0 unspecified atom stereocenters. The number of aliphatic imine (C=N–C) groups is 1. The highest BCUT2D eigenvalue weighted by Crippen LogP contribution is 2.42. The number of carbonyl (C=O) groups is 2. The number of anilines is 1. The molecule has 0 saturated heterocycles. The fourth-order valence-corrected chi connectivity index (χ4v) is 3.16. The van der Waals surface area contributed by atoms with Gasteiger partial charge in [-0.1, -0.05) is 0 Å². The topological polar surface area (TPSA) is 59.0 Å². The van der Waals surface area contributed by atoms with E-state index in [2.05, 4.69) is 9.73 Å². The Balaban J connectivity index is 1.76. The molecule has 0 radical (unpaired) electrons. The van der Waals surface area contributed by atoms with Crippen molar-refractivity contribution in [3.05, 3.63) is 29.1 Å². The zero-order valence-electron chi connectivity index (χ0n) is 12.3. The fourth-order valence-electron chi connectivity index (χ4n) is 3.16. The van der Waals surface area contributed by atoms with Crippen LogP contribution in [0.4, 0.5) is 24.5 Å². The molecule has 0 atom stereocenters. The van der Waals surface area contributed by atoms with E-state index in [1.54, 1.807) is 0 Å². The summed E-state index contributed by atoms with van der Waals surface area (Å²) < 4.78 is 45.0. The summed E-state index contributed by atoms with van der Waals surface area (Å²) in [4.78, 5) is 29.2. The minimum Gasteiger partial charge on any atom is -0.426 e. The van der Waals surface area contributed by atoms with Crippen molar-refractivity contribution in [2.75, 3.05) is 4.90 Å². The largest absolute Gasteiger partial charge is 0.437 e. The van der Waals surface area contributed by atoms with Gasteiger partial charge in [0.05, 0.1) is 5.69 Å². The smallest absolute Gasteiger partial charge is 0.426 e. The molecule has 5 nitrogen and oxygen atoms in total. The van der Waals surface area contributed by atoms with Crippen LogP contribution in [0.15, 0.2) is 28.3 Å². The van der Waals surface area contributed by atoms with Gasteiger partial charge in [0, 0.05) is 17.2 Å². The highest BCUT2D eigenvalue weighted by molar-refractivity contribution is 6.33. The second-order valence-electron chi connectivity index (χ2n) is 5.80. The summed E-state index contributed by atoms with van der Waals surface area (Å²) in [6.07, 6.45) is -0.779. The summed E-state index contributed by atoms with van der Waals surface area (Å²) in [6.45, 7) is 0. The van der Waals surface area contributed by atoms with Crippen LogP contribution in [0.1, 0.15) is 25.7 Å². The van der Waals surface area contributed by atoms with Gasteiger partial charge in [0.1, 0.15) is 11.9 Å².